The van der Waals surface area contributed by atoms with Crippen molar-refractivity contribution in [2.75, 3.05) is 6.26 Å². The Hall–Kier alpha value is -1.98. The molecule has 0 bridgehead atoms. The zero-order valence-electron chi connectivity index (χ0n) is 11.8. The van der Waals surface area contributed by atoms with Crippen LogP contribution in [0.2, 0.25) is 5.02 Å². The van der Waals surface area contributed by atoms with Crippen LogP contribution in [0.1, 0.15) is 5.89 Å². The van der Waals surface area contributed by atoms with E-state index in [0.29, 0.717) is 16.7 Å². The van der Waals surface area contributed by atoms with Crippen LogP contribution >= 0.6 is 23.4 Å². The van der Waals surface area contributed by atoms with Gasteiger partial charge in [-0.15, -0.1) is 11.8 Å². The summed E-state index contributed by atoms with van der Waals surface area (Å²) in [4.78, 5) is 5.49. The molecule has 0 amide bonds. The maximum Gasteiger partial charge on any atom is 0.264 e. The Labute approximate surface area is 137 Å². The molecule has 0 aliphatic heterocycles. The minimum Gasteiger partial charge on any atom is -0.484 e. The van der Waals surface area contributed by atoms with E-state index in [1.54, 1.807) is 17.8 Å². The van der Waals surface area contributed by atoms with Crippen LogP contribution in [-0.2, 0) is 6.61 Å². The highest BCUT2D eigenvalue weighted by Crippen LogP contribution is 2.25. The van der Waals surface area contributed by atoms with Crippen LogP contribution in [0.3, 0.4) is 0 Å². The molecule has 0 spiro atoms. The first kappa shape index (κ1) is 14.9. The molecule has 1 heterocycles. The van der Waals surface area contributed by atoms with Gasteiger partial charge in [-0.2, -0.15) is 4.98 Å². The number of halogens is 1. The average molecular weight is 333 g/mol. The molecule has 0 aliphatic carbocycles. The molecular formula is C16H13ClN2O2S. The smallest absolute Gasteiger partial charge is 0.264 e. The minimum atomic E-state index is 0.218. The summed E-state index contributed by atoms with van der Waals surface area (Å²) in [5.41, 5.74) is 0.739. The van der Waals surface area contributed by atoms with Crippen molar-refractivity contribution >= 4 is 23.4 Å². The molecule has 22 heavy (non-hydrogen) atoms. The van der Waals surface area contributed by atoms with Gasteiger partial charge in [0.25, 0.3) is 5.89 Å². The van der Waals surface area contributed by atoms with Crippen molar-refractivity contribution in [3.05, 3.63) is 59.4 Å². The molecule has 112 valence electrons. The molecule has 0 unspecified atom stereocenters. The average Bonchev–Trinajstić information content (AvgIpc) is 3.02. The van der Waals surface area contributed by atoms with Crippen molar-refractivity contribution in [1.29, 1.82) is 0 Å². The molecule has 1 aromatic heterocycles. The molecule has 0 N–H and O–H groups in total. The van der Waals surface area contributed by atoms with Gasteiger partial charge in [0.05, 0.1) is 5.02 Å². The first-order chi connectivity index (χ1) is 10.8. The SMILES string of the molecule is CSc1ccc(OCc2nc(-c3ccccc3Cl)no2)cc1. The second kappa shape index (κ2) is 6.85. The van der Waals surface area contributed by atoms with Crippen molar-refractivity contribution in [2.24, 2.45) is 0 Å². The topological polar surface area (TPSA) is 48.2 Å². The zero-order chi connectivity index (χ0) is 15.4. The number of nitrogens with zero attached hydrogens (tertiary/aromatic N) is 2. The third-order valence-electron chi connectivity index (χ3n) is 3.00. The second-order valence-corrected chi connectivity index (χ2v) is 5.74. The number of aromatic nitrogens is 2. The van der Waals surface area contributed by atoms with Crippen LogP contribution in [0, 0.1) is 0 Å². The van der Waals surface area contributed by atoms with Crippen molar-refractivity contribution in [3.63, 3.8) is 0 Å². The van der Waals surface area contributed by atoms with Gasteiger partial charge >= 0.3 is 0 Å². The third kappa shape index (κ3) is 3.43. The Kier molecular flexibility index (Phi) is 4.65. The molecule has 0 saturated heterocycles. The van der Waals surface area contributed by atoms with Gasteiger partial charge in [0, 0.05) is 10.5 Å². The van der Waals surface area contributed by atoms with E-state index in [4.69, 9.17) is 20.9 Å². The van der Waals surface area contributed by atoms with E-state index < -0.39 is 0 Å². The fourth-order valence-corrected chi connectivity index (χ4v) is 2.51. The summed E-state index contributed by atoms with van der Waals surface area (Å²) >= 11 is 7.80. The summed E-state index contributed by atoms with van der Waals surface area (Å²) in [5, 5.41) is 4.52. The first-order valence-corrected chi connectivity index (χ1v) is 8.21. The van der Waals surface area contributed by atoms with Crippen LogP contribution in [0.4, 0.5) is 0 Å². The molecule has 4 nitrogen and oxygen atoms in total. The molecule has 0 fully saturated rings. The van der Waals surface area contributed by atoms with E-state index in [1.807, 2.05) is 48.7 Å². The third-order valence-corrected chi connectivity index (χ3v) is 4.08. The Morgan fingerprint density at radius 1 is 1.14 bits per heavy atom. The molecule has 2 aromatic carbocycles. The van der Waals surface area contributed by atoms with Crippen molar-refractivity contribution in [2.45, 2.75) is 11.5 Å². The molecule has 0 aliphatic rings. The largest absolute Gasteiger partial charge is 0.484 e. The Bertz CT molecular complexity index is 759. The lowest BCUT2D eigenvalue weighted by Crippen LogP contribution is -1.95. The fraction of sp³-hybridized carbons (Fsp3) is 0.125. The number of hydrogen-bond donors (Lipinski definition) is 0. The predicted molar refractivity (Wildman–Crippen MR) is 87.3 cm³/mol. The second-order valence-electron chi connectivity index (χ2n) is 4.46. The fourth-order valence-electron chi connectivity index (χ4n) is 1.88. The van der Waals surface area contributed by atoms with E-state index in [9.17, 15) is 0 Å². The van der Waals surface area contributed by atoms with Crippen LogP contribution in [0.15, 0.2) is 57.9 Å². The Morgan fingerprint density at radius 2 is 1.91 bits per heavy atom. The van der Waals surface area contributed by atoms with Crippen LogP contribution in [0.25, 0.3) is 11.4 Å². The highest BCUT2D eigenvalue weighted by atomic mass is 35.5. The Morgan fingerprint density at radius 3 is 2.64 bits per heavy atom. The van der Waals surface area contributed by atoms with Crippen molar-refractivity contribution in [1.82, 2.24) is 10.1 Å². The molecule has 0 saturated carbocycles. The van der Waals surface area contributed by atoms with Gasteiger partial charge in [0.2, 0.25) is 5.82 Å². The summed E-state index contributed by atoms with van der Waals surface area (Å²) in [6.07, 6.45) is 2.03. The summed E-state index contributed by atoms with van der Waals surface area (Å²) in [7, 11) is 0. The van der Waals surface area contributed by atoms with E-state index in [1.165, 1.54) is 4.90 Å². The minimum absolute atomic E-state index is 0.218. The lowest BCUT2D eigenvalue weighted by Gasteiger charge is -2.03. The zero-order valence-corrected chi connectivity index (χ0v) is 13.4. The summed E-state index contributed by atoms with van der Waals surface area (Å²) in [5.74, 6) is 1.63. The molecule has 3 aromatic rings. The molecule has 6 heteroatoms. The van der Waals surface area contributed by atoms with Gasteiger partial charge in [-0.05, 0) is 42.7 Å². The van der Waals surface area contributed by atoms with Gasteiger partial charge in [0.1, 0.15) is 5.75 Å². The summed E-state index contributed by atoms with van der Waals surface area (Å²) in [6, 6.07) is 15.2. The van der Waals surface area contributed by atoms with Gasteiger partial charge in [-0.1, -0.05) is 28.9 Å². The lowest BCUT2D eigenvalue weighted by molar-refractivity contribution is 0.243. The molecular weight excluding hydrogens is 320 g/mol. The molecule has 0 atom stereocenters. The van der Waals surface area contributed by atoms with Crippen LogP contribution < -0.4 is 4.74 Å². The van der Waals surface area contributed by atoms with E-state index in [0.717, 1.165) is 11.3 Å². The predicted octanol–water partition coefficient (Wildman–Crippen LogP) is 4.69. The maximum atomic E-state index is 6.11. The number of rotatable bonds is 5. The normalized spacial score (nSPS) is 10.6. The van der Waals surface area contributed by atoms with Crippen LogP contribution in [-0.4, -0.2) is 16.4 Å². The van der Waals surface area contributed by atoms with Crippen molar-refractivity contribution in [3.8, 4) is 17.1 Å². The molecule has 0 radical (unpaired) electrons. The maximum absolute atomic E-state index is 6.11. The number of ether oxygens (including phenoxy) is 1. The van der Waals surface area contributed by atoms with E-state index >= 15 is 0 Å². The van der Waals surface area contributed by atoms with Crippen LogP contribution in [0.5, 0.6) is 5.75 Å². The number of hydrogen-bond acceptors (Lipinski definition) is 5. The number of thioether (sulfide) groups is 1. The summed E-state index contributed by atoms with van der Waals surface area (Å²) in [6.45, 7) is 0.218. The Balaban J connectivity index is 1.68. The van der Waals surface area contributed by atoms with E-state index in [-0.39, 0.29) is 6.61 Å². The van der Waals surface area contributed by atoms with Gasteiger partial charge < -0.3 is 9.26 Å². The summed E-state index contributed by atoms with van der Waals surface area (Å²) < 4.78 is 10.8. The van der Waals surface area contributed by atoms with Crippen molar-refractivity contribution < 1.29 is 9.26 Å². The standard InChI is InChI=1S/C16H13ClN2O2S/c1-22-12-8-6-11(7-9-12)20-10-15-18-16(19-21-15)13-4-2-3-5-14(13)17/h2-9H,10H2,1H3. The van der Waals surface area contributed by atoms with Gasteiger partial charge in [-0.25, -0.2) is 0 Å². The quantitative estimate of drug-likeness (QED) is 0.634. The number of benzene rings is 2. The highest BCUT2D eigenvalue weighted by Gasteiger charge is 2.11. The molecule has 3 rings (SSSR count). The lowest BCUT2D eigenvalue weighted by atomic mass is 10.2. The van der Waals surface area contributed by atoms with Gasteiger partial charge in [-0.3, -0.25) is 0 Å². The first-order valence-electron chi connectivity index (χ1n) is 6.60. The van der Waals surface area contributed by atoms with Gasteiger partial charge in [0.15, 0.2) is 6.61 Å². The van der Waals surface area contributed by atoms with E-state index in [2.05, 4.69) is 10.1 Å². The highest BCUT2D eigenvalue weighted by molar-refractivity contribution is 7.98. The monoisotopic (exact) mass is 332 g/mol.